The smallest absolute Gasteiger partial charge is 0.274 e. The van der Waals surface area contributed by atoms with Crippen LogP contribution in [-0.2, 0) is 20.0 Å². The first kappa shape index (κ1) is 16.5. The van der Waals surface area contributed by atoms with Gasteiger partial charge in [0, 0.05) is 19.3 Å². The molecule has 4 rings (SSSR count). The molecule has 3 heterocycles. The number of pyridine rings is 1. The monoisotopic (exact) mass is 355 g/mol. The van der Waals surface area contributed by atoms with E-state index in [0.29, 0.717) is 36.4 Å². The lowest BCUT2D eigenvalue weighted by atomic mass is 9.99. The molecule has 7 nitrogen and oxygen atoms in total. The van der Waals surface area contributed by atoms with E-state index in [1.165, 1.54) is 10.7 Å². The Morgan fingerprint density at radius 1 is 1.38 bits per heavy atom. The molecule has 1 aliphatic rings. The van der Waals surface area contributed by atoms with Crippen LogP contribution >= 0.6 is 0 Å². The van der Waals surface area contributed by atoms with Gasteiger partial charge in [-0.15, -0.1) is 0 Å². The summed E-state index contributed by atoms with van der Waals surface area (Å²) in [5.41, 5.74) is 2.38. The number of nitrogens with zero attached hydrogens (tertiary/aromatic N) is 2. The summed E-state index contributed by atoms with van der Waals surface area (Å²) < 4.78 is 16.2. The van der Waals surface area contributed by atoms with E-state index < -0.39 is 17.3 Å². The third-order valence-corrected chi connectivity index (χ3v) is 4.64. The van der Waals surface area contributed by atoms with Crippen LogP contribution in [0.25, 0.3) is 11.0 Å². The van der Waals surface area contributed by atoms with Gasteiger partial charge in [-0.3, -0.25) is 19.4 Å². The Labute approximate surface area is 148 Å². The van der Waals surface area contributed by atoms with E-state index >= 15 is 0 Å². The molecule has 3 N–H and O–H groups in total. The van der Waals surface area contributed by atoms with Gasteiger partial charge >= 0.3 is 0 Å². The van der Waals surface area contributed by atoms with Crippen LogP contribution in [0.1, 0.15) is 27.2 Å². The summed E-state index contributed by atoms with van der Waals surface area (Å²) in [5.74, 6) is -0.952. The third kappa shape index (κ3) is 2.59. The second-order valence-electron chi connectivity index (χ2n) is 6.46. The molecule has 0 radical (unpaired) electrons. The molecule has 3 aromatic rings. The molecule has 1 aliphatic heterocycles. The molecule has 0 bridgehead atoms. The Hall–Kier alpha value is -3.00. The lowest BCUT2D eigenvalue weighted by Crippen LogP contribution is -2.25. The van der Waals surface area contributed by atoms with Gasteiger partial charge in [0.05, 0.1) is 16.6 Å². The second kappa shape index (κ2) is 6.06. The van der Waals surface area contributed by atoms with E-state index in [9.17, 15) is 14.0 Å². The van der Waals surface area contributed by atoms with Gasteiger partial charge < -0.3 is 10.6 Å². The summed E-state index contributed by atoms with van der Waals surface area (Å²) in [6, 6.07) is 4.90. The molecule has 0 atom stereocenters. The fraction of sp³-hybridized carbons (Fsp3) is 0.278. The number of amides is 1. The molecule has 0 spiro atoms. The molecule has 0 fully saturated rings. The number of fused-ring (bicyclic) bond motifs is 2. The molecule has 0 saturated carbocycles. The highest BCUT2D eigenvalue weighted by Crippen LogP contribution is 2.25. The van der Waals surface area contributed by atoms with Crippen molar-refractivity contribution in [3.05, 3.63) is 56.8 Å². The van der Waals surface area contributed by atoms with Gasteiger partial charge in [0.1, 0.15) is 5.82 Å². The van der Waals surface area contributed by atoms with Crippen molar-refractivity contribution >= 4 is 22.6 Å². The van der Waals surface area contributed by atoms with Crippen LogP contribution in [0.3, 0.4) is 0 Å². The quantitative estimate of drug-likeness (QED) is 0.651. The molecule has 0 unspecified atom stereocenters. The van der Waals surface area contributed by atoms with E-state index in [-0.39, 0.29) is 16.6 Å². The zero-order chi connectivity index (χ0) is 18.4. The first-order valence-electron chi connectivity index (χ1n) is 8.34. The normalized spacial score (nSPS) is 13.7. The number of carbonyl (C=O) groups excluding carboxylic acids is 1. The van der Waals surface area contributed by atoms with Gasteiger partial charge in [0.15, 0.2) is 5.65 Å². The maximum absolute atomic E-state index is 14.8. The minimum absolute atomic E-state index is 0.116. The van der Waals surface area contributed by atoms with Crippen molar-refractivity contribution in [2.24, 2.45) is 7.05 Å². The summed E-state index contributed by atoms with van der Waals surface area (Å²) in [5, 5.41) is 8.58. The molecule has 26 heavy (non-hydrogen) atoms. The summed E-state index contributed by atoms with van der Waals surface area (Å²) in [4.78, 5) is 29.2. The Balaban J connectivity index is 1.76. The Morgan fingerprint density at radius 3 is 3.00 bits per heavy atom. The van der Waals surface area contributed by atoms with Crippen LogP contribution in [0.4, 0.5) is 10.1 Å². The standard InChI is InChI=1S/C18H18FN5O2/c1-9-7-12(14-16(21-9)24(2)23-18(14)26)17(25)22-13-4-3-10-8-20-6-5-11(10)15(13)19/h3-4,7,20H,5-6,8H2,1-2H3,(H,22,25)(H,23,26). The molecule has 1 amide bonds. The van der Waals surface area contributed by atoms with Gasteiger partial charge in [0.2, 0.25) is 0 Å². The number of halogens is 1. The lowest BCUT2D eigenvalue weighted by Gasteiger charge is -2.19. The number of anilines is 1. The van der Waals surface area contributed by atoms with E-state index in [1.807, 2.05) is 6.07 Å². The van der Waals surface area contributed by atoms with Crippen molar-refractivity contribution in [2.45, 2.75) is 19.9 Å². The highest BCUT2D eigenvalue weighted by atomic mass is 19.1. The number of H-pyrrole nitrogens is 1. The molecule has 1 aromatic carbocycles. The van der Waals surface area contributed by atoms with Gasteiger partial charge in [-0.1, -0.05) is 6.07 Å². The summed E-state index contributed by atoms with van der Waals surface area (Å²) in [7, 11) is 1.65. The number of aromatic amines is 1. The van der Waals surface area contributed by atoms with Gasteiger partial charge in [0.25, 0.3) is 11.5 Å². The maximum Gasteiger partial charge on any atom is 0.274 e. The summed E-state index contributed by atoms with van der Waals surface area (Å²) in [6.07, 6.45) is 0.571. The van der Waals surface area contributed by atoms with Crippen LogP contribution in [-0.4, -0.2) is 27.2 Å². The van der Waals surface area contributed by atoms with E-state index in [4.69, 9.17) is 0 Å². The minimum Gasteiger partial charge on any atom is -0.319 e. The summed E-state index contributed by atoms with van der Waals surface area (Å²) >= 11 is 0. The Kier molecular flexibility index (Phi) is 3.84. The highest BCUT2D eigenvalue weighted by molar-refractivity contribution is 6.12. The SMILES string of the molecule is Cc1cc(C(=O)Nc2ccc3c(c2F)CCNC3)c2c(=O)[nH]n(C)c2n1. The number of rotatable bonds is 2. The van der Waals surface area contributed by atoms with Crippen molar-refractivity contribution in [2.75, 3.05) is 11.9 Å². The fourth-order valence-electron chi connectivity index (χ4n) is 3.38. The highest BCUT2D eigenvalue weighted by Gasteiger charge is 2.21. The molecular weight excluding hydrogens is 337 g/mol. The molecular formula is C18H18FN5O2. The van der Waals surface area contributed by atoms with Crippen LogP contribution < -0.4 is 16.2 Å². The van der Waals surface area contributed by atoms with Gasteiger partial charge in [-0.25, -0.2) is 9.37 Å². The van der Waals surface area contributed by atoms with Crippen LogP contribution in [0.2, 0.25) is 0 Å². The first-order chi connectivity index (χ1) is 12.5. The van der Waals surface area contributed by atoms with Crippen LogP contribution in [0, 0.1) is 12.7 Å². The third-order valence-electron chi connectivity index (χ3n) is 4.64. The number of nitrogens with one attached hydrogen (secondary N) is 3. The molecule has 0 aliphatic carbocycles. The topological polar surface area (TPSA) is 91.8 Å². The van der Waals surface area contributed by atoms with E-state index in [1.54, 1.807) is 20.0 Å². The Morgan fingerprint density at radius 2 is 2.19 bits per heavy atom. The van der Waals surface area contributed by atoms with Crippen molar-refractivity contribution in [1.29, 1.82) is 0 Å². The number of hydrogen-bond acceptors (Lipinski definition) is 4. The van der Waals surface area contributed by atoms with Crippen molar-refractivity contribution in [3.63, 3.8) is 0 Å². The predicted octanol–water partition coefficient (Wildman–Crippen LogP) is 1.61. The first-order valence-corrected chi connectivity index (χ1v) is 8.34. The average molecular weight is 355 g/mol. The zero-order valence-electron chi connectivity index (χ0n) is 14.4. The second-order valence-corrected chi connectivity index (χ2v) is 6.46. The maximum atomic E-state index is 14.8. The Bertz CT molecular complexity index is 1100. The fourth-order valence-corrected chi connectivity index (χ4v) is 3.38. The van der Waals surface area contributed by atoms with Crippen LogP contribution in [0.5, 0.6) is 0 Å². The summed E-state index contributed by atoms with van der Waals surface area (Å²) in [6.45, 7) is 3.05. The number of hydrogen-bond donors (Lipinski definition) is 3. The largest absolute Gasteiger partial charge is 0.319 e. The number of carbonyl (C=O) groups is 1. The van der Waals surface area contributed by atoms with E-state index in [0.717, 1.165) is 5.56 Å². The number of aromatic nitrogens is 3. The average Bonchev–Trinajstić information content (AvgIpc) is 2.91. The number of aryl methyl sites for hydroxylation is 2. The molecule has 134 valence electrons. The number of benzene rings is 1. The predicted molar refractivity (Wildman–Crippen MR) is 95.8 cm³/mol. The van der Waals surface area contributed by atoms with Gasteiger partial charge in [-0.05, 0) is 43.1 Å². The van der Waals surface area contributed by atoms with Crippen molar-refractivity contribution < 1.29 is 9.18 Å². The van der Waals surface area contributed by atoms with E-state index in [2.05, 4.69) is 20.7 Å². The van der Waals surface area contributed by atoms with Crippen molar-refractivity contribution in [3.8, 4) is 0 Å². The molecule has 8 heteroatoms. The minimum atomic E-state index is -0.537. The van der Waals surface area contributed by atoms with Crippen molar-refractivity contribution in [1.82, 2.24) is 20.1 Å². The van der Waals surface area contributed by atoms with Crippen LogP contribution in [0.15, 0.2) is 23.0 Å². The van der Waals surface area contributed by atoms with Gasteiger partial charge in [-0.2, -0.15) is 0 Å². The molecule has 0 saturated heterocycles. The lowest BCUT2D eigenvalue weighted by molar-refractivity contribution is 0.102. The zero-order valence-corrected chi connectivity index (χ0v) is 14.4. The molecule has 2 aromatic heterocycles.